The zero-order chi connectivity index (χ0) is 19.7. The summed E-state index contributed by atoms with van der Waals surface area (Å²) in [6, 6.07) is 24.7. The van der Waals surface area contributed by atoms with Crippen LogP contribution < -0.4 is 0 Å². The van der Waals surface area contributed by atoms with Crippen LogP contribution in [0.3, 0.4) is 0 Å². The second-order valence-electron chi connectivity index (χ2n) is 7.42. The van der Waals surface area contributed by atoms with Crippen molar-refractivity contribution < 1.29 is 9.90 Å². The zero-order valence-corrected chi connectivity index (χ0v) is 16.1. The van der Waals surface area contributed by atoms with Crippen molar-refractivity contribution in [2.24, 2.45) is 0 Å². The normalized spacial score (nSPS) is 11.2. The number of carboxylic acids is 1. The fraction of sp³-hybridized carbons (Fsp3) is 0.160. The lowest BCUT2D eigenvalue weighted by molar-refractivity contribution is -0.136. The molecule has 0 saturated heterocycles. The molecule has 3 heteroatoms. The van der Waals surface area contributed by atoms with Gasteiger partial charge in [-0.3, -0.25) is 4.79 Å². The van der Waals surface area contributed by atoms with Crippen molar-refractivity contribution in [2.75, 3.05) is 0 Å². The molecule has 0 aliphatic carbocycles. The fourth-order valence-electron chi connectivity index (χ4n) is 3.82. The van der Waals surface area contributed by atoms with Gasteiger partial charge in [0.05, 0.1) is 12.1 Å². The van der Waals surface area contributed by atoms with Gasteiger partial charge in [-0.15, -0.1) is 0 Å². The molecule has 0 saturated carbocycles. The first-order valence-electron chi connectivity index (χ1n) is 9.55. The molecule has 4 aromatic rings. The average Bonchev–Trinajstić information content (AvgIpc) is 3.06. The van der Waals surface area contributed by atoms with Crippen LogP contribution in [0.5, 0.6) is 0 Å². The van der Waals surface area contributed by atoms with E-state index in [9.17, 15) is 9.90 Å². The second kappa shape index (κ2) is 7.35. The lowest BCUT2D eigenvalue weighted by Crippen LogP contribution is -2.01. The predicted octanol–water partition coefficient (Wildman–Crippen LogP) is 6.25. The minimum atomic E-state index is -0.821. The van der Waals surface area contributed by atoms with E-state index in [1.807, 2.05) is 30.3 Å². The van der Waals surface area contributed by atoms with Crippen LogP contribution in [0.2, 0.25) is 0 Å². The second-order valence-corrected chi connectivity index (χ2v) is 7.42. The number of aromatic nitrogens is 1. The maximum atomic E-state index is 11.5. The molecule has 3 nitrogen and oxygen atoms in total. The van der Waals surface area contributed by atoms with Crippen LogP contribution in [0.25, 0.3) is 33.3 Å². The summed E-state index contributed by atoms with van der Waals surface area (Å²) in [6.07, 6.45) is -0.00266. The Morgan fingerprint density at radius 1 is 0.857 bits per heavy atom. The van der Waals surface area contributed by atoms with Crippen molar-refractivity contribution in [2.45, 2.75) is 26.2 Å². The Morgan fingerprint density at radius 2 is 1.50 bits per heavy atom. The van der Waals surface area contributed by atoms with E-state index in [0.29, 0.717) is 5.92 Å². The molecule has 0 unspecified atom stereocenters. The SMILES string of the molecule is CC(C)c1cccc2c(CC(=O)O)c(-c3ccc(-c4ccccc4)cc3)[nH]c12. The Hall–Kier alpha value is -3.33. The molecule has 3 aromatic carbocycles. The van der Waals surface area contributed by atoms with Gasteiger partial charge in [0, 0.05) is 10.9 Å². The number of carbonyl (C=O) groups is 1. The number of nitrogens with one attached hydrogen (secondary N) is 1. The van der Waals surface area contributed by atoms with Crippen LogP contribution in [0.15, 0.2) is 72.8 Å². The van der Waals surface area contributed by atoms with Crippen molar-refractivity contribution in [3.05, 3.63) is 83.9 Å². The van der Waals surface area contributed by atoms with Crippen LogP contribution in [0.1, 0.15) is 30.9 Å². The van der Waals surface area contributed by atoms with Gasteiger partial charge in [-0.2, -0.15) is 0 Å². The molecule has 0 amide bonds. The third-order valence-electron chi connectivity index (χ3n) is 5.20. The van der Waals surface area contributed by atoms with Gasteiger partial charge in [0.25, 0.3) is 0 Å². The molecule has 0 bridgehead atoms. The number of hydrogen-bond acceptors (Lipinski definition) is 1. The first kappa shape index (κ1) is 18.1. The van der Waals surface area contributed by atoms with Gasteiger partial charge < -0.3 is 10.1 Å². The van der Waals surface area contributed by atoms with Crippen LogP contribution in [0.4, 0.5) is 0 Å². The maximum absolute atomic E-state index is 11.5. The van der Waals surface area contributed by atoms with Gasteiger partial charge in [0.15, 0.2) is 0 Å². The van der Waals surface area contributed by atoms with Crippen LogP contribution in [-0.4, -0.2) is 16.1 Å². The molecule has 0 radical (unpaired) electrons. The van der Waals surface area contributed by atoms with E-state index < -0.39 is 5.97 Å². The number of hydrogen-bond donors (Lipinski definition) is 2. The van der Waals surface area contributed by atoms with E-state index in [0.717, 1.165) is 33.3 Å². The van der Waals surface area contributed by atoms with E-state index in [4.69, 9.17) is 0 Å². The number of rotatable bonds is 5. The largest absolute Gasteiger partial charge is 0.481 e. The number of para-hydroxylation sites is 1. The molecule has 0 aliphatic rings. The first-order valence-corrected chi connectivity index (χ1v) is 9.55. The maximum Gasteiger partial charge on any atom is 0.307 e. The van der Waals surface area contributed by atoms with E-state index in [-0.39, 0.29) is 6.42 Å². The molecular formula is C25H23NO2. The van der Waals surface area contributed by atoms with Gasteiger partial charge >= 0.3 is 5.97 Å². The molecule has 0 spiro atoms. The monoisotopic (exact) mass is 369 g/mol. The number of aliphatic carboxylic acids is 1. The van der Waals surface area contributed by atoms with Crippen LogP contribution >= 0.6 is 0 Å². The number of H-pyrrole nitrogens is 1. The molecular weight excluding hydrogens is 346 g/mol. The van der Waals surface area contributed by atoms with Crippen molar-refractivity contribution in [3.63, 3.8) is 0 Å². The van der Waals surface area contributed by atoms with Gasteiger partial charge in [-0.05, 0) is 33.7 Å². The summed E-state index contributed by atoms with van der Waals surface area (Å²) in [6.45, 7) is 4.31. The lowest BCUT2D eigenvalue weighted by Gasteiger charge is -2.06. The molecule has 0 fully saturated rings. The van der Waals surface area contributed by atoms with Crippen LogP contribution in [0, 0.1) is 0 Å². The summed E-state index contributed by atoms with van der Waals surface area (Å²) in [4.78, 5) is 15.1. The van der Waals surface area contributed by atoms with E-state index >= 15 is 0 Å². The molecule has 4 rings (SSSR count). The third-order valence-corrected chi connectivity index (χ3v) is 5.20. The Labute approximate surface area is 164 Å². The Bertz CT molecular complexity index is 1120. The summed E-state index contributed by atoms with van der Waals surface area (Å²) < 4.78 is 0. The number of aromatic amines is 1. The van der Waals surface area contributed by atoms with E-state index in [1.165, 1.54) is 11.1 Å². The van der Waals surface area contributed by atoms with Crippen molar-refractivity contribution in [1.29, 1.82) is 0 Å². The van der Waals surface area contributed by atoms with Gasteiger partial charge in [0.1, 0.15) is 0 Å². The minimum absolute atomic E-state index is 0.00266. The van der Waals surface area contributed by atoms with Crippen LogP contribution in [-0.2, 0) is 11.2 Å². The summed E-state index contributed by atoms with van der Waals surface area (Å²) in [7, 11) is 0. The molecule has 28 heavy (non-hydrogen) atoms. The summed E-state index contributed by atoms with van der Waals surface area (Å²) in [5, 5.41) is 10.5. The molecule has 1 aromatic heterocycles. The van der Waals surface area contributed by atoms with E-state index in [2.05, 4.69) is 61.3 Å². The molecule has 0 atom stereocenters. The fourth-order valence-corrected chi connectivity index (χ4v) is 3.82. The number of carboxylic acid groups (broad SMARTS) is 1. The standard InChI is InChI=1S/C25H23NO2/c1-16(2)20-9-6-10-21-22(15-23(27)28)24(26-25(20)21)19-13-11-18(12-14-19)17-7-4-3-5-8-17/h3-14,16,26H,15H2,1-2H3,(H,27,28). The van der Waals surface area contributed by atoms with E-state index in [1.54, 1.807) is 0 Å². The highest BCUT2D eigenvalue weighted by Crippen LogP contribution is 2.35. The summed E-state index contributed by atoms with van der Waals surface area (Å²) in [5.74, 6) is -0.466. The number of fused-ring (bicyclic) bond motifs is 1. The predicted molar refractivity (Wildman–Crippen MR) is 115 cm³/mol. The molecule has 1 heterocycles. The molecule has 140 valence electrons. The minimum Gasteiger partial charge on any atom is -0.481 e. The third kappa shape index (κ3) is 3.31. The quantitative estimate of drug-likeness (QED) is 0.437. The topological polar surface area (TPSA) is 53.1 Å². The first-order chi connectivity index (χ1) is 13.5. The molecule has 0 aliphatic heterocycles. The Morgan fingerprint density at radius 3 is 2.14 bits per heavy atom. The Balaban J connectivity index is 1.85. The van der Waals surface area contributed by atoms with Gasteiger partial charge in [-0.25, -0.2) is 0 Å². The summed E-state index contributed by atoms with van der Waals surface area (Å²) >= 11 is 0. The Kier molecular flexibility index (Phi) is 4.74. The highest BCUT2D eigenvalue weighted by Gasteiger charge is 2.18. The molecule has 2 N–H and O–H groups in total. The highest BCUT2D eigenvalue weighted by atomic mass is 16.4. The zero-order valence-electron chi connectivity index (χ0n) is 16.1. The van der Waals surface area contributed by atoms with Gasteiger partial charge in [-0.1, -0.05) is 86.6 Å². The highest BCUT2D eigenvalue weighted by molar-refractivity contribution is 5.96. The summed E-state index contributed by atoms with van der Waals surface area (Å²) in [5.41, 5.74) is 7.29. The van der Waals surface area contributed by atoms with Crippen molar-refractivity contribution >= 4 is 16.9 Å². The van der Waals surface area contributed by atoms with Crippen molar-refractivity contribution in [3.8, 4) is 22.4 Å². The average molecular weight is 369 g/mol. The number of benzene rings is 3. The lowest BCUT2D eigenvalue weighted by atomic mass is 9.97. The van der Waals surface area contributed by atoms with Gasteiger partial charge in [0.2, 0.25) is 0 Å². The van der Waals surface area contributed by atoms with Crippen molar-refractivity contribution in [1.82, 2.24) is 4.98 Å². The smallest absolute Gasteiger partial charge is 0.307 e.